The van der Waals surface area contributed by atoms with Crippen LogP contribution >= 0.6 is 0 Å². The molecule has 0 amide bonds. The molecule has 1 N–H and O–H groups in total. The van der Waals surface area contributed by atoms with Gasteiger partial charge < -0.3 is 10.1 Å². The van der Waals surface area contributed by atoms with E-state index in [1.54, 1.807) is 6.20 Å². The first-order chi connectivity index (χ1) is 9.25. The number of para-hydroxylation sites is 1. The molecule has 0 aliphatic rings. The van der Waals surface area contributed by atoms with Crippen LogP contribution in [0.15, 0.2) is 36.7 Å². The molecule has 5 nitrogen and oxygen atoms in total. The summed E-state index contributed by atoms with van der Waals surface area (Å²) in [5.74, 6) is 0.950. The van der Waals surface area contributed by atoms with E-state index in [0.29, 0.717) is 0 Å². The second-order valence-corrected chi connectivity index (χ2v) is 4.62. The molecule has 0 saturated carbocycles. The van der Waals surface area contributed by atoms with Crippen molar-refractivity contribution in [3.05, 3.63) is 42.2 Å². The average Bonchev–Trinajstić information content (AvgIpc) is 2.89. The third-order valence-electron chi connectivity index (χ3n) is 2.64. The first-order valence-electron chi connectivity index (χ1n) is 6.55. The predicted molar refractivity (Wildman–Crippen MR) is 73.9 cm³/mol. The summed E-state index contributed by atoms with van der Waals surface area (Å²) in [6, 6.07) is 8.12. The van der Waals surface area contributed by atoms with E-state index >= 15 is 0 Å². The molecular formula is C14H20N4O. The number of aromatic nitrogens is 3. The van der Waals surface area contributed by atoms with Crippen LogP contribution in [-0.4, -0.2) is 27.6 Å². The summed E-state index contributed by atoms with van der Waals surface area (Å²) in [6.45, 7) is 6.52. The number of benzene rings is 1. The van der Waals surface area contributed by atoms with Crippen molar-refractivity contribution in [3.63, 3.8) is 0 Å². The fourth-order valence-corrected chi connectivity index (χ4v) is 1.79. The maximum absolute atomic E-state index is 5.78. The highest BCUT2D eigenvalue weighted by molar-refractivity contribution is 5.33. The molecule has 1 heterocycles. The zero-order valence-corrected chi connectivity index (χ0v) is 11.4. The van der Waals surface area contributed by atoms with Gasteiger partial charge in [-0.2, -0.15) is 0 Å². The quantitative estimate of drug-likeness (QED) is 0.772. The maximum Gasteiger partial charge on any atom is 0.124 e. The number of ether oxygens (including phenoxy) is 1. The van der Waals surface area contributed by atoms with Crippen molar-refractivity contribution in [2.75, 3.05) is 6.54 Å². The smallest absolute Gasteiger partial charge is 0.124 e. The summed E-state index contributed by atoms with van der Waals surface area (Å²) < 4.78 is 7.59. The van der Waals surface area contributed by atoms with Gasteiger partial charge in [0.05, 0.1) is 18.8 Å². The molecule has 1 aromatic carbocycles. The van der Waals surface area contributed by atoms with Crippen molar-refractivity contribution >= 4 is 0 Å². The molecule has 0 radical (unpaired) electrons. The molecule has 0 atom stereocenters. The fraction of sp³-hybridized carbons (Fsp3) is 0.429. The molecule has 0 aliphatic heterocycles. The van der Waals surface area contributed by atoms with E-state index in [0.717, 1.165) is 25.4 Å². The second-order valence-electron chi connectivity index (χ2n) is 4.62. The van der Waals surface area contributed by atoms with Gasteiger partial charge in [-0.3, -0.25) is 4.68 Å². The van der Waals surface area contributed by atoms with Crippen molar-refractivity contribution in [1.29, 1.82) is 0 Å². The van der Waals surface area contributed by atoms with Gasteiger partial charge in [-0.1, -0.05) is 23.4 Å². The molecule has 1 aromatic heterocycles. The molecule has 102 valence electrons. The highest BCUT2D eigenvalue weighted by Gasteiger charge is 2.04. The van der Waals surface area contributed by atoms with E-state index in [4.69, 9.17) is 4.74 Å². The van der Waals surface area contributed by atoms with Crippen molar-refractivity contribution in [2.45, 2.75) is 33.0 Å². The summed E-state index contributed by atoms with van der Waals surface area (Å²) in [5, 5.41) is 11.1. The number of hydrogen-bond acceptors (Lipinski definition) is 4. The lowest BCUT2D eigenvalue weighted by molar-refractivity contribution is 0.239. The van der Waals surface area contributed by atoms with Gasteiger partial charge in [-0.05, 0) is 19.9 Å². The van der Waals surface area contributed by atoms with Crippen molar-refractivity contribution < 1.29 is 4.74 Å². The van der Waals surface area contributed by atoms with Crippen molar-refractivity contribution in [3.8, 4) is 5.75 Å². The summed E-state index contributed by atoms with van der Waals surface area (Å²) >= 11 is 0. The van der Waals surface area contributed by atoms with Gasteiger partial charge in [0.1, 0.15) is 5.75 Å². The molecular weight excluding hydrogens is 240 g/mol. The molecule has 2 rings (SSSR count). The van der Waals surface area contributed by atoms with Crippen LogP contribution in [0.1, 0.15) is 19.4 Å². The van der Waals surface area contributed by atoms with Gasteiger partial charge in [-0.15, -0.1) is 5.10 Å². The lowest BCUT2D eigenvalue weighted by Gasteiger charge is -2.14. The standard InChI is InChI=1S/C14H20N4O/c1-12(2)19-14-6-4-3-5-13(14)11-15-7-9-18-10-8-16-17-18/h3-6,8,10,12,15H,7,9,11H2,1-2H3. The van der Waals surface area contributed by atoms with Gasteiger partial charge in [-0.25, -0.2) is 0 Å². The number of nitrogens with zero attached hydrogens (tertiary/aromatic N) is 3. The summed E-state index contributed by atoms with van der Waals surface area (Å²) in [7, 11) is 0. The van der Waals surface area contributed by atoms with Gasteiger partial charge in [0.15, 0.2) is 0 Å². The topological polar surface area (TPSA) is 52.0 Å². The third-order valence-corrected chi connectivity index (χ3v) is 2.64. The Bertz CT molecular complexity index is 482. The Morgan fingerprint density at radius 1 is 1.32 bits per heavy atom. The summed E-state index contributed by atoms with van der Waals surface area (Å²) in [6.07, 6.45) is 3.74. The fourth-order valence-electron chi connectivity index (χ4n) is 1.79. The van der Waals surface area contributed by atoms with Crippen LogP contribution < -0.4 is 10.1 Å². The number of nitrogens with one attached hydrogen (secondary N) is 1. The Labute approximate surface area is 113 Å². The number of rotatable bonds is 7. The molecule has 0 fully saturated rings. The molecule has 5 heteroatoms. The Kier molecular flexibility index (Phi) is 4.92. The van der Waals surface area contributed by atoms with Gasteiger partial charge in [0.2, 0.25) is 0 Å². The van der Waals surface area contributed by atoms with Crippen LogP contribution in [0.4, 0.5) is 0 Å². The summed E-state index contributed by atoms with van der Waals surface area (Å²) in [4.78, 5) is 0. The Balaban J connectivity index is 1.82. The van der Waals surface area contributed by atoms with Crippen LogP contribution in [0.25, 0.3) is 0 Å². The Morgan fingerprint density at radius 2 is 2.16 bits per heavy atom. The normalized spacial score (nSPS) is 10.9. The zero-order valence-electron chi connectivity index (χ0n) is 11.4. The van der Waals surface area contributed by atoms with E-state index in [2.05, 4.69) is 21.7 Å². The van der Waals surface area contributed by atoms with E-state index in [-0.39, 0.29) is 6.10 Å². The van der Waals surface area contributed by atoms with Gasteiger partial charge >= 0.3 is 0 Å². The molecule has 0 unspecified atom stereocenters. The monoisotopic (exact) mass is 260 g/mol. The lowest BCUT2D eigenvalue weighted by atomic mass is 10.2. The van der Waals surface area contributed by atoms with Crippen LogP contribution in [-0.2, 0) is 13.1 Å². The highest BCUT2D eigenvalue weighted by Crippen LogP contribution is 2.18. The first kappa shape index (κ1) is 13.5. The number of hydrogen-bond donors (Lipinski definition) is 1. The molecule has 2 aromatic rings. The van der Waals surface area contributed by atoms with Crippen LogP contribution in [0.5, 0.6) is 5.75 Å². The van der Waals surface area contributed by atoms with E-state index in [1.807, 2.05) is 42.9 Å². The summed E-state index contributed by atoms with van der Waals surface area (Å²) in [5.41, 5.74) is 1.18. The lowest BCUT2D eigenvalue weighted by Crippen LogP contribution is -2.20. The van der Waals surface area contributed by atoms with E-state index in [9.17, 15) is 0 Å². The maximum atomic E-state index is 5.78. The molecule has 0 bridgehead atoms. The van der Waals surface area contributed by atoms with E-state index < -0.39 is 0 Å². The van der Waals surface area contributed by atoms with Crippen LogP contribution in [0.2, 0.25) is 0 Å². The Morgan fingerprint density at radius 3 is 2.89 bits per heavy atom. The molecule has 0 aliphatic carbocycles. The minimum Gasteiger partial charge on any atom is -0.491 e. The van der Waals surface area contributed by atoms with Crippen molar-refractivity contribution in [2.24, 2.45) is 0 Å². The largest absolute Gasteiger partial charge is 0.491 e. The van der Waals surface area contributed by atoms with Crippen LogP contribution in [0, 0.1) is 0 Å². The zero-order chi connectivity index (χ0) is 13.5. The molecule has 0 spiro atoms. The SMILES string of the molecule is CC(C)Oc1ccccc1CNCCn1ccnn1. The predicted octanol–water partition coefficient (Wildman–Crippen LogP) is 1.86. The van der Waals surface area contributed by atoms with Crippen molar-refractivity contribution in [1.82, 2.24) is 20.3 Å². The minimum absolute atomic E-state index is 0.191. The van der Waals surface area contributed by atoms with E-state index in [1.165, 1.54) is 5.56 Å². The Hall–Kier alpha value is -1.88. The van der Waals surface area contributed by atoms with Gasteiger partial charge in [0, 0.05) is 24.8 Å². The van der Waals surface area contributed by atoms with Gasteiger partial charge in [0.25, 0.3) is 0 Å². The second kappa shape index (κ2) is 6.89. The molecule has 0 saturated heterocycles. The average molecular weight is 260 g/mol. The first-order valence-corrected chi connectivity index (χ1v) is 6.55. The highest BCUT2D eigenvalue weighted by atomic mass is 16.5. The van der Waals surface area contributed by atoms with Crippen LogP contribution in [0.3, 0.4) is 0 Å². The minimum atomic E-state index is 0.191. The molecule has 19 heavy (non-hydrogen) atoms. The third kappa shape index (κ3) is 4.37.